The van der Waals surface area contributed by atoms with Gasteiger partial charge in [-0.15, -0.1) is 11.3 Å². The van der Waals surface area contributed by atoms with Gasteiger partial charge < -0.3 is 4.74 Å². The zero-order valence-electron chi connectivity index (χ0n) is 39.9. The van der Waals surface area contributed by atoms with Gasteiger partial charge in [-0.05, 0) is 151 Å². The molecule has 1 saturated carbocycles. The van der Waals surface area contributed by atoms with Crippen molar-refractivity contribution in [2.45, 2.75) is 173 Å². The Morgan fingerprint density at radius 3 is 1.73 bits per heavy atom. The Labute approximate surface area is 377 Å². The molecule has 0 amide bonds. The van der Waals surface area contributed by atoms with E-state index < -0.39 is 0 Å². The summed E-state index contributed by atoms with van der Waals surface area (Å²) in [5.74, 6) is 1.43. The van der Waals surface area contributed by atoms with Gasteiger partial charge in [0.05, 0.1) is 0 Å². The first-order valence-electron chi connectivity index (χ1n) is 23.9. The van der Waals surface area contributed by atoms with E-state index in [1.54, 1.807) is 11.1 Å². The number of thiophene rings is 1. The molecule has 4 atom stereocenters. The summed E-state index contributed by atoms with van der Waals surface area (Å²) in [6, 6.07) is 35.1. The normalized spacial score (nSPS) is 25.3. The first kappa shape index (κ1) is 40.7. The summed E-state index contributed by atoms with van der Waals surface area (Å²) in [5, 5.41) is 1.47. The SMILES string of the molecule is Cc1cc2c3c(c1)[C@H](c1ccc(C(C)(C)C)cc1)c1c(sc4cc5c(cc14)C(C)(C)CCC5(C)C)B3c1c(ccc3c1OC1(C)CCCCC31C)C2c1ccc(C(C)(C)C)cc1. The Balaban J connectivity index is 1.26. The van der Waals surface area contributed by atoms with Crippen LogP contribution in [0.3, 0.4) is 0 Å². The second-order valence-corrected chi connectivity index (χ2v) is 25.3. The fourth-order valence-corrected chi connectivity index (χ4v) is 14.5. The lowest BCUT2D eigenvalue weighted by Crippen LogP contribution is -2.62. The highest BCUT2D eigenvalue weighted by Gasteiger charge is 2.58. The van der Waals surface area contributed by atoms with Crippen LogP contribution in [-0.2, 0) is 27.1 Å². The highest BCUT2D eigenvalue weighted by Crippen LogP contribution is 2.58. The highest BCUT2D eigenvalue weighted by atomic mass is 32.1. The molecule has 0 bridgehead atoms. The molecule has 5 aliphatic rings. The second-order valence-electron chi connectivity index (χ2n) is 24.3. The van der Waals surface area contributed by atoms with E-state index in [4.69, 9.17) is 4.74 Å². The molecule has 62 heavy (non-hydrogen) atoms. The minimum absolute atomic E-state index is 0.0128. The lowest BCUT2D eigenvalue weighted by atomic mass is 9.31. The molecule has 1 nitrogen and oxygen atoms in total. The van der Waals surface area contributed by atoms with Crippen LogP contribution < -0.4 is 20.4 Å². The third-order valence-electron chi connectivity index (χ3n) is 17.3. The Hall–Kier alpha value is -4.08. The van der Waals surface area contributed by atoms with Crippen molar-refractivity contribution in [2.24, 2.45) is 0 Å². The van der Waals surface area contributed by atoms with Crippen LogP contribution in [-0.4, -0.2) is 12.3 Å². The Morgan fingerprint density at radius 2 is 1.13 bits per heavy atom. The van der Waals surface area contributed by atoms with Crippen LogP contribution >= 0.6 is 11.3 Å². The van der Waals surface area contributed by atoms with Crippen molar-refractivity contribution in [2.75, 3.05) is 0 Å². The average Bonchev–Trinajstić information content (AvgIpc) is 3.70. The van der Waals surface area contributed by atoms with Gasteiger partial charge in [-0.25, -0.2) is 0 Å². The molecule has 0 spiro atoms. The Bertz CT molecular complexity index is 2840. The lowest BCUT2D eigenvalue weighted by Gasteiger charge is -2.43. The van der Waals surface area contributed by atoms with Gasteiger partial charge in [0.25, 0.3) is 6.71 Å². The molecule has 1 aromatic heterocycles. The molecule has 3 unspecified atom stereocenters. The number of aryl methyl sites for hydroxylation is 1. The molecule has 3 aliphatic heterocycles. The van der Waals surface area contributed by atoms with E-state index in [0.29, 0.717) is 0 Å². The van der Waals surface area contributed by atoms with Crippen molar-refractivity contribution in [3.05, 3.63) is 152 Å². The van der Waals surface area contributed by atoms with Gasteiger partial charge >= 0.3 is 0 Å². The monoisotopic (exact) mass is 835 g/mol. The van der Waals surface area contributed by atoms with Crippen LogP contribution in [0.15, 0.2) is 84.9 Å². The van der Waals surface area contributed by atoms with Crippen molar-refractivity contribution in [1.82, 2.24) is 0 Å². The van der Waals surface area contributed by atoms with Crippen LogP contribution in [0.4, 0.5) is 0 Å². The van der Waals surface area contributed by atoms with E-state index in [9.17, 15) is 0 Å². The zero-order chi connectivity index (χ0) is 43.7. The van der Waals surface area contributed by atoms with Gasteiger partial charge in [-0.1, -0.05) is 166 Å². The first-order chi connectivity index (χ1) is 29.1. The molecule has 3 heteroatoms. The van der Waals surface area contributed by atoms with E-state index in [1.165, 1.54) is 119 Å². The number of hydrogen-bond acceptors (Lipinski definition) is 2. The van der Waals surface area contributed by atoms with Crippen LogP contribution in [0.5, 0.6) is 5.75 Å². The zero-order valence-corrected chi connectivity index (χ0v) is 40.7. The molecule has 2 aliphatic carbocycles. The Morgan fingerprint density at radius 1 is 0.581 bits per heavy atom. The van der Waals surface area contributed by atoms with Crippen molar-refractivity contribution in [3.63, 3.8) is 0 Å². The number of rotatable bonds is 2. The fourth-order valence-electron chi connectivity index (χ4n) is 13.2. The molecule has 0 N–H and O–H groups in total. The van der Waals surface area contributed by atoms with E-state index >= 15 is 0 Å². The van der Waals surface area contributed by atoms with Gasteiger partial charge in [-0.3, -0.25) is 0 Å². The van der Waals surface area contributed by atoms with Gasteiger partial charge in [-0.2, -0.15) is 0 Å². The smallest absolute Gasteiger partial charge is 0.260 e. The molecule has 4 heterocycles. The molecule has 5 aromatic carbocycles. The van der Waals surface area contributed by atoms with Crippen molar-refractivity contribution in [3.8, 4) is 5.75 Å². The van der Waals surface area contributed by atoms with E-state index in [-0.39, 0.29) is 51.2 Å². The molecular formula is C59H67BOS. The van der Waals surface area contributed by atoms with Gasteiger partial charge in [0.15, 0.2) is 0 Å². The van der Waals surface area contributed by atoms with Crippen LogP contribution in [0.1, 0.15) is 200 Å². The molecule has 11 rings (SSSR count). The van der Waals surface area contributed by atoms with E-state index in [0.717, 1.165) is 6.42 Å². The van der Waals surface area contributed by atoms with Crippen molar-refractivity contribution < 1.29 is 4.74 Å². The van der Waals surface area contributed by atoms with Crippen molar-refractivity contribution in [1.29, 1.82) is 0 Å². The summed E-state index contributed by atoms with van der Waals surface area (Å²) in [6.07, 6.45) is 7.20. The summed E-state index contributed by atoms with van der Waals surface area (Å²) in [4.78, 5) is 0. The van der Waals surface area contributed by atoms with Gasteiger partial charge in [0, 0.05) is 27.5 Å². The number of fused-ring (bicyclic) bond motifs is 11. The fraction of sp³-hybridized carbons (Fsp3) is 0.458. The van der Waals surface area contributed by atoms with E-state index in [2.05, 4.69) is 186 Å². The predicted octanol–water partition coefficient (Wildman–Crippen LogP) is 13.6. The lowest BCUT2D eigenvalue weighted by molar-refractivity contribution is 0.00789. The molecule has 0 saturated heterocycles. The average molecular weight is 835 g/mol. The summed E-state index contributed by atoms with van der Waals surface area (Å²) >= 11 is 2.10. The van der Waals surface area contributed by atoms with Gasteiger partial charge in [0.2, 0.25) is 0 Å². The molecule has 318 valence electrons. The first-order valence-corrected chi connectivity index (χ1v) is 24.8. The second kappa shape index (κ2) is 13.0. The third kappa shape index (κ3) is 5.64. The molecule has 0 radical (unpaired) electrons. The van der Waals surface area contributed by atoms with Crippen LogP contribution in [0, 0.1) is 6.92 Å². The van der Waals surface area contributed by atoms with E-state index in [1.807, 2.05) is 0 Å². The maximum atomic E-state index is 7.67. The third-order valence-corrected chi connectivity index (χ3v) is 18.5. The minimum Gasteiger partial charge on any atom is -0.487 e. The maximum absolute atomic E-state index is 7.67. The summed E-state index contributed by atoms with van der Waals surface area (Å²) in [6.45, 7) is 31.4. The van der Waals surface area contributed by atoms with Crippen LogP contribution in [0.2, 0.25) is 0 Å². The van der Waals surface area contributed by atoms with Gasteiger partial charge in [0.1, 0.15) is 11.4 Å². The number of benzene rings is 5. The van der Waals surface area contributed by atoms with Crippen LogP contribution in [0.25, 0.3) is 10.1 Å². The Kier molecular flexibility index (Phi) is 8.55. The molecule has 1 fully saturated rings. The minimum atomic E-state index is -0.214. The molecular weight excluding hydrogens is 768 g/mol. The summed E-state index contributed by atoms with van der Waals surface area (Å²) in [7, 11) is 0. The number of hydrogen-bond donors (Lipinski definition) is 0. The standard InChI is InChI=1S/C59H67BOS/c1-34-30-41-47(35-16-20-37(21-17-35)54(2,3)4)39-24-25-43-52(61-59(13)27-15-14-26-58(43,59)12)51(39)60-50(41)42(31-34)48(36-18-22-38(23-19-36)55(5,6)7)49-40-32-44-45(33-46(40)62-53(49)60)57(10,11)29-28-56(44,8)9/h16-25,30-33,47-48H,14-15,26-29H2,1-13H3/t47?,48-,58?,59?/m0/s1. The predicted molar refractivity (Wildman–Crippen MR) is 266 cm³/mol. The largest absolute Gasteiger partial charge is 0.487 e. The number of ether oxygens (including phenoxy) is 1. The summed E-state index contributed by atoms with van der Waals surface area (Å²) in [5.41, 5.74) is 20.6. The van der Waals surface area contributed by atoms with Crippen molar-refractivity contribution >= 4 is 43.8 Å². The highest BCUT2D eigenvalue weighted by molar-refractivity contribution is 7.32. The quantitative estimate of drug-likeness (QED) is 0.158. The molecule has 6 aromatic rings. The maximum Gasteiger partial charge on any atom is 0.260 e. The topological polar surface area (TPSA) is 9.23 Å². The summed E-state index contributed by atoms with van der Waals surface area (Å²) < 4.78 is 10.7.